The van der Waals surface area contributed by atoms with E-state index in [-0.39, 0.29) is 12.3 Å². The Morgan fingerprint density at radius 1 is 1.29 bits per heavy atom. The van der Waals surface area contributed by atoms with Crippen LogP contribution in [0, 0.1) is 6.92 Å². The van der Waals surface area contributed by atoms with Crippen molar-refractivity contribution in [3.63, 3.8) is 0 Å². The molecule has 24 heavy (non-hydrogen) atoms. The Bertz CT molecular complexity index is 886. The molecule has 7 nitrogen and oxygen atoms in total. The fourth-order valence-corrected chi connectivity index (χ4v) is 2.92. The summed E-state index contributed by atoms with van der Waals surface area (Å²) in [6, 6.07) is 9.30. The number of aryl methyl sites for hydroxylation is 1. The summed E-state index contributed by atoms with van der Waals surface area (Å²) in [4.78, 5) is 27.7. The van der Waals surface area contributed by atoms with Gasteiger partial charge in [0.25, 0.3) is 5.91 Å². The minimum absolute atomic E-state index is 0.0356. The molecule has 0 saturated carbocycles. The minimum atomic E-state index is -0.473. The molecule has 0 radical (unpaired) electrons. The summed E-state index contributed by atoms with van der Waals surface area (Å²) in [6.45, 7) is 1.68. The number of hydrogen-bond acceptors (Lipinski definition) is 6. The number of aromatic nitrogens is 2. The molecule has 2 heterocycles. The summed E-state index contributed by atoms with van der Waals surface area (Å²) in [5.41, 5.74) is 7.27. The van der Waals surface area contributed by atoms with Crippen molar-refractivity contribution in [1.82, 2.24) is 10.1 Å². The molecule has 3 N–H and O–H groups in total. The first-order chi connectivity index (χ1) is 11.5. The van der Waals surface area contributed by atoms with Crippen molar-refractivity contribution in [2.45, 2.75) is 13.3 Å². The Kier molecular flexibility index (Phi) is 4.39. The zero-order valence-electron chi connectivity index (χ0n) is 12.8. The van der Waals surface area contributed by atoms with Crippen LogP contribution in [-0.4, -0.2) is 22.0 Å². The molecule has 0 spiro atoms. The van der Waals surface area contributed by atoms with Gasteiger partial charge in [-0.15, -0.1) is 11.3 Å². The van der Waals surface area contributed by atoms with Crippen molar-refractivity contribution in [2.75, 3.05) is 5.32 Å². The zero-order chi connectivity index (χ0) is 17.1. The molecule has 3 aromatic rings. The number of primary amides is 1. The van der Waals surface area contributed by atoms with Gasteiger partial charge in [0.05, 0.1) is 12.1 Å². The second-order valence-electron chi connectivity index (χ2n) is 5.07. The highest BCUT2D eigenvalue weighted by Gasteiger charge is 2.22. The summed E-state index contributed by atoms with van der Waals surface area (Å²) >= 11 is 1.22. The smallest absolute Gasteiger partial charge is 0.263 e. The number of hydrogen-bond donors (Lipinski definition) is 2. The maximum Gasteiger partial charge on any atom is 0.263 e. The van der Waals surface area contributed by atoms with Crippen LogP contribution < -0.4 is 11.1 Å². The van der Waals surface area contributed by atoms with Crippen molar-refractivity contribution in [3.05, 3.63) is 52.7 Å². The maximum absolute atomic E-state index is 12.6. The molecule has 0 aliphatic carbocycles. The van der Waals surface area contributed by atoms with Crippen molar-refractivity contribution >= 4 is 28.3 Å². The lowest BCUT2D eigenvalue weighted by atomic mass is 10.1. The molecule has 0 atom stereocenters. The van der Waals surface area contributed by atoms with Gasteiger partial charge in [-0.05, 0) is 6.92 Å². The number of rotatable bonds is 5. The van der Waals surface area contributed by atoms with E-state index in [4.69, 9.17) is 10.3 Å². The van der Waals surface area contributed by atoms with Gasteiger partial charge in [0, 0.05) is 10.9 Å². The highest BCUT2D eigenvalue weighted by Crippen LogP contribution is 2.26. The van der Waals surface area contributed by atoms with Gasteiger partial charge in [-0.3, -0.25) is 14.9 Å². The molecule has 2 aromatic heterocycles. The van der Waals surface area contributed by atoms with Crippen LogP contribution in [0.25, 0.3) is 11.3 Å². The summed E-state index contributed by atoms with van der Waals surface area (Å²) in [6.07, 6.45) is 0.0356. The van der Waals surface area contributed by atoms with Gasteiger partial charge in [-0.2, -0.15) is 0 Å². The van der Waals surface area contributed by atoms with Gasteiger partial charge in [-0.1, -0.05) is 35.5 Å². The first-order valence-corrected chi connectivity index (χ1v) is 7.98. The average Bonchev–Trinajstić information content (AvgIpc) is 3.14. The minimum Gasteiger partial charge on any atom is -0.369 e. The summed E-state index contributed by atoms with van der Waals surface area (Å²) in [5.74, 6) is -0.424. The second-order valence-corrected chi connectivity index (χ2v) is 5.93. The molecular weight excluding hydrogens is 328 g/mol. The summed E-state index contributed by atoms with van der Waals surface area (Å²) in [7, 11) is 0. The summed E-state index contributed by atoms with van der Waals surface area (Å²) < 4.78 is 5.18. The molecule has 0 bridgehead atoms. The quantitative estimate of drug-likeness (QED) is 0.739. The molecule has 0 aliphatic heterocycles. The number of nitrogens with one attached hydrogen (secondary N) is 1. The van der Waals surface area contributed by atoms with E-state index in [9.17, 15) is 9.59 Å². The molecular formula is C16H14N4O3S. The van der Waals surface area contributed by atoms with Crippen LogP contribution in [0.5, 0.6) is 0 Å². The highest BCUT2D eigenvalue weighted by molar-refractivity contribution is 7.14. The van der Waals surface area contributed by atoms with E-state index in [0.717, 1.165) is 5.56 Å². The lowest BCUT2D eigenvalue weighted by Gasteiger charge is -2.03. The molecule has 2 amide bonds. The van der Waals surface area contributed by atoms with E-state index in [0.29, 0.717) is 27.8 Å². The Morgan fingerprint density at radius 3 is 2.75 bits per heavy atom. The van der Waals surface area contributed by atoms with Crippen LogP contribution in [-0.2, 0) is 11.2 Å². The molecule has 0 fully saturated rings. The third-order valence-electron chi connectivity index (χ3n) is 3.26. The van der Waals surface area contributed by atoms with Gasteiger partial charge < -0.3 is 10.3 Å². The molecule has 0 unspecified atom stereocenters. The van der Waals surface area contributed by atoms with Crippen LogP contribution in [0.3, 0.4) is 0 Å². The van der Waals surface area contributed by atoms with Crippen LogP contribution in [0.15, 0.2) is 40.2 Å². The first kappa shape index (κ1) is 15.9. The zero-order valence-corrected chi connectivity index (χ0v) is 13.6. The van der Waals surface area contributed by atoms with E-state index in [1.54, 1.807) is 12.3 Å². The van der Waals surface area contributed by atoms with Crippen LogP contribution in [0.4, 0.5) is 5.13 Å². The van der Waals surface area contributed by atoms with Gasteiger partial charge in [0.1, 0.15) is 17.0 Å². The maximum atomic E-state index is 12.6. The van der Waals surface area contributed by atoms with Crippen molar-refractivity contribution in [3.8, 4) is 11.3 Å². The number of nitrogens with two attached hydrogens (primary N) is 1. The Labute approximate surface area is 141 Å². The van der Waals surface area contributed by atoms with Crippen molar-refractivity contribution < 1.29 is 14.1 Å². The van der Waals surface area contributed by atoms with E-state index >= 15 is 0 Å². The number of carbonyl (C=O) groups is 2. The van der Waals surface area contributed by atoms with Crippen molar-refractivity contribution in [1.29, 1.82) is 0 Å². The Hall–Kier alpha value is -3.00. The van der Waals surface area contributed by atoms with Crippen LogP contribution in [0.2, 0.25) is 0 Å². The normalized spacial score (nSPS) is 10.5. The fraction of sp³-hybridized carbons (Fsp3) is 0.125. The third-order valence-corrected chi connectivity index (χ3v) is 4.07. The number of nitrogens with zero attached hydrogens (tertiary/aromatic N) is 2. The molecule has 3 rings (SSSR count). The molecule has 0 saturated heterocycles. The van der Waals surface area contributed by atoms with E-state index in [1.165, 1.54) is 11.3 Å². The lowest BCUT2D eigenvalue weighted by molar-refractivity contribution is -0.117. The highest BCUT2D eigenvalue weighted by atomic mass is 32.1. The predicted octanol–water partition coefficient (Wildman–Crippen LogP) is 2.39. The number of benzene rings is 1. The molecule has 8 heteroatoms. The fourth-order valence-electron chi connectivity index (χ4n) is 2.22. The van der Waals surface area contributed by atoms with E-state index < -0.39 is 5.91 Å². The second kappa shape index (κ2) is 6.63. The van der Waals surface area contributed by atoms with E-state index in [2.05, 4.69) is 15.5 Å². The van der Waals surface area contributed by atoms with Gasteiger partial charge >= 0.3 is 0 Å². The first-order valence-electron chi connectivity index (χ1n) is 7.10. The molecule has 122 valence electrons. The predicted molar refractivity (Wildman–Crippen MR) is 89.6 cm³/mol. The summed E-state index contributed by atoms with van der Waals surface area (Å²) in [5, 5.41) is 8.75. The van der Waals surface area contributed by atoms with Gasteiger partial charge in [0.2, 0.25) is 5.91 Å². The van der Waals surface area contributed by atoms with Gasteiger partial charge in [0.15, 0.2) is 5.13 Å². The average molecular weight is 342 g/mol. The monoisotopic (exact) mass is 342 g/mol. The molecule has 1 aromatic carbocycles. The topological polar surface area (TPSA) is 111 Å². The number of anilines is 1. The SMILES string of the molecule is Cc1onc(-c2ccccc2)c1C(=O)Nc1nc(CC(N)=O)cs1. The lowest BCUT2D eigenvalue weighted by Crippen LogP contribution is -2.15. The Morgan fingerprint density at radius 2 is 2.04 bits per heavy atom. The number of amides is 2. The van der Waals surface area contributed by atoms with Crippen LogP contribution >= 0.6 is 11.3 Å². The van der Waals surface area contributed by atoms with Gasteiger partial charge in [-0.25, -0.2) is 4.98 Å². The standard InChI is InChI=1S/C16H14N4O3S/c1-9-13(14(20-23-9)10-5-3-2-4-6-10)15(22)19-16-18-11(8-24-16)7-12(17)21/h2-6,8H,7H2,1H3,(H2,17,21)(H,18,19,22). The Balaban J connectivity index is 1.84. The van der Waals surface area contributed by atoms with E-state index in [1.807, 2.05) is 30.3 Å². The third kappa shape index (κ3) is 3.33. The molecule has 0 aliphatic rings. The number of carbonyl (C=O) groups excluding carboxylic acids is 2. The van der Waals surface area contributed by atoms with Crippen molar-refractivity contribution in [2.24, 2.45) is 5.73 Å². The largest absolute Gasteiger partial charge is 0.369 e. The van der Waals surface area contributed by atoms with Crippen LogP contribution in [0.1, 0.15) is 21.8 Å². The number of thiazole rings is 1.